The monoisotopic (exact) mass is 450 g/mol. The van der Waals surface area contributed by atoms with Gasteiger partial charge in [0.05, 0.1) is 11.4 Å². The lowest BCUT2D eigenvalue weighted by Crippen LogP contribution is -2.52. The smallest absolute Gasteiger partial charge is 0.240 e. The second kappa shape index (κ2) is 10.6. The molecule has 1 aromatic rings. The second-order valence-electron chi connectivity index (χ2n) is 8.52. The molecule has 172 valence electrons. The molecule has 1 N–H and O–H groups in total. The zero-order valence-electron chi connectivity index (χ0n) is 18.6. The molecule has 31 heavy (non-hydrogen) atoms. The molecule has 2 heterocycles. The molecule has 9 heteroatoms. The zero-order chi connectivity index (χ0) is 22.4. The number of likely N-dealkylation sites (tertiary alicyclic amines) is 1. The summed E-state index contributed by atoms with van der Waals surface area (Å²) in [6.07, 6.45) is 3.49. The Morgan fingerprint density at radius 1 is 0.903 bits per heavy atom. The van der Waals surface area contributed by atoms with Crippen LogP contribution in [0.3, 0.4) is 0 Å². The molecule has 2 fully saturated rings. The van der Waals surface area contributed by atoms with E-state index in [0.717, 1.165) is 31.5 Å². The number of sulfonamides is 1. The van der Waals surface area contributed by atoms with Crippen molar-refractivity contribution in [1.29, 1.82) is 0 Å². The van der Waals surface area contributed by atoms with Crippen LogP contribution in [0.1, 0.15) is 36.8 Å². The maximum atomic E-state index is 12.6. The molecular weight excluding hydrogens is 416 g/mol. The molecule has 1 aromatic carbocycles. The molecule has 0 unspecified atom stereocenters. The highest BCUT2D eigenvalue weighted by atomic mass is 32.2. The Morgan fingerprint density at radius 3 is 2.23 bits per heavy atom. The highest BCUT2D eigenvalue weighted by molar-refractivity contribution is 7.89. The molecule has 0 spiro atoms. The lowest BCUT2D eigenvalue weighted by Gasteiger charge is -2.36. The minimum atomic E-state index is -3.64. The Labute approximate surface area is 185 Å². The normalized spacial score (nSPS) is 18.3. The number of piperidine rings is 1. The molecule has 0 atom stereocenters. The fraction of sp³-hybridized carbons (Fsp3) is 0.636. The van der Waals surface area contributed by atoms with Gasteiger partial charge in [0.25, 0.3) is 0 Å². The summed E-state index contributed by atoms with van der Waals surface area (Å²) < 4.78 is 27.7. The van der Waals surface area contributed by atoms with E-state index >= 15 is 0 Å². The fourth-order valence-corrected chi connectivity index (χ4v) is 5.47. The summed E-state index contributed by atoms with van der Waals surface area (Å²) in [6, 6.07) is 5.30. The molecule has 0 aliphatic carbocycles. The van der Waals surface area contributed by atoms with E-state index in [4.69, 9.17) is 0 Å². The van der Waals surface area contributed by atoms with Gasteiger partial charge in [-0.05, 0) is 50.3 Å². The van der Waals surface area contributed by atoms with Crippen molar-refractivity contribution < 1.29 is 18.0 Å². The number of carbonyl (C=O) groups excluding carboxylic acids is 2. The Hall–Kier alpha value is -1.97. The van der Waals surface area contributed by atoms with E-state index in [1.807, 2.05) is 17.9 Å². The first-order chi connectivity index (χ1) is 14.8. The first kappa shape index (κ1) is 23.7. The van der Waals surface area contributed by atoms with Crippen molar-refractivity contribution in [3.05, 3.63) is 29.3 Å². The summed E-state index contributed by atoms with van der Waals surface area (Å²) in [7, 11) is -3.64. The van der Waals surface area contributed by atoms with E-state index in [0.29, 0.717) is 38.3 Å². The van der Waals surface area contributed by atoms with Gasteiger partial charge in [0, 0.05) is 52.2 Å². The van der Waals surface area contributed by atoms with Gasteiger partial charge in [-0.25, -0.2) is 13.1 Å². The first-order valence-electron chi connectivity index (χ1n) is 11.1. The van der Waals surface area contributed by atoms with Crippen molar-refractivity contribution in [2.24, 2.45) is 0 Å². The van der Waals surface area contributed by atoms with E-state index in [9.17, 15) is 18.0 Å². The van der Waals surface area contributed by atoms with Gasteiger partial charge < -0.3 is 9.80 Å². The number of rotatable bonds is 7. The number of amides is 2. The summed E-state index contributed by atoms with van der Waals surface area (Å²) in [5.41, 5.74) is 1.55. The average molecular weight is 451 g/mol. The highest BCUT2D eigenvalue weighted by Crippen LogP contribution is 2.16. The Balaban J connectivity index is 1.41. The van der Waals surface area contributed by atoms with E-state index in [1.165, 1.54) is 6.42 Å². The summed E-state index contributed by atoms with van der Waals surface area (Å²) in [5, 5.41) is 0. The van der Waals surface area contributed by atoms with Crippen LogP contribution in [0.5, 0.6) is 0 Å². The summed E-state index contributed by atoms with van der Waals surface area (Å²) in [6.45, 7) is 8.27. The molecule has 3 rings (SSSR count). The second-order valence-corrected chi connectivity index (χ2v) is 10.3. The molecule has 0 aromatic heterocycles. The number of aryl methyl sites for hydroxylation is 2. The van der Waals surface area contributed by atoms with Crippen molar-refractivity contribution in [3.63, 3.8) is 0 Å². The lowest BCUT2D eigenvalue weighted by atomic mass is 10.1. The van der Waals surface area contributed by atoms with Crippen molar-refractivity contribution in [2.75, 3.05) is 52.4 Å². The molecule has 0 radical (unpaired) electrons. The van der Waals surface area contributed by atoms with Crippen molar-refractivity contribution >= 4 is 21.8 Å². The number of nitrogens with zero attached hydrogens (tertiary/aromatic N) is 3. The molecular formula is C22H34N4O4S. The standard InChI is InChI=1S/C22H34N4O4S/c1-18-6-7-19(2)20(16-18)31(29,30)23-9-8-21(27)26-14-12-24(13-15-26)17-22(28)25-10-4-3-5-11-25/h6-7,16,23H,3-5,8-15,17H2,1-2H3. The van der Waals surface area contributed by atoms with Gasteiger partial charge in [0.1, 0.15) is 0 Å². The predicted molar refractivity (Wildman–Crippen MR) is 119 cm³/mol. The van der Waals surface area contributed by atoms with E-state index < -0.39 is 10.0 Å². The third kappa shape index (κ3) is 6.51. The summed E-state index contributed by atoms with van der Waals surface area (Å²) in [4.78, 5) is 31.0. The molecule has 8 nitrogen and oxygen atoms in total. The van der Waals surface area contributed by atoms with Crippen LogP contribution in [-0.4, -0.2) is 87.3 Å². The van der Waals surface area contributed by atoms with Crippen LogP contribution in [0.15, 0.2) is 23.1 Å². The molecule has 0 saturated carbocycles. The lowest BCUT2D eigenvalue weighted by molar-refractivity contribution is -0.135. The van der Waals surface area contributed by atoms with E-state index in [2.05, 4.69) is 9.62 Å². The van der Waals surface area contributed by atoms with Crippen molar-refractivity contribution in [3.8, 4) is 0 Å². The minimum Gasteiger partial charge on any atom is -0.342 e. The molecule has 2 aliphatic heterocycles. The maximum absolute atomic E-state index is 12.6. The molecule has 0 bridgehead atoms. The maximum Gasteiger partial charge on any atom is 0.240 e. The van der Waals surface area contributed by atoms with Crippen LogP contribution in [0.25, 0.3) is 0 Å². The number of nitrogens with one attached hydrogen (secondary N) is 1. The van der Waals surface area contributed by atoms with Gasteiger partial charge in [-0.15, -0.1) is 0 Å². The molecule has 2 saturated heterocycles. The first-order valence-corrected chi connectivity index (χ1v) is 12.6. The van der Waals surface area contributed by atoms with Crippen LogP contribution in [0.4, 0.5) is 0 Å². The minimum absolute atomic E-state index is 0.0642. The third-order valence-corrected chi connectivity index (χ3v) is 7.66. The van der Waals surface area contributed by atoms with E-state index in [-0.39, 0.29) is 29.7 Å². The van der Waals surface area contributed by atoms with Gasteiger partial charge in [-0.3, -0.25) is 14.5 Å². The Morgan fingerprint density at radius 2 is 1.55 bits per heavy atom. The average Bonchev–Trinajstić information content (AvgIpc) is 2.76. The van der Waals surface area contributed by atoms with Gasteiger partial charge in [0.15, 0.2) is 0 Å². The third-order valence-electron chi connectivity index (χ3n) is 6.06. The topological polar surface area (TPSA) is 90.0 Å². The number of piperazine rings is 1. The Bertz CT molecular complexity index is 889. The SMILES string of the molecule is Cc1ccc(C)c(S(=O)(=O)NCCC(=O)N2CCN(CC(=O)N3CCCCC3)CC2)c1. The van der Waals surface area contributed by atoms with Crippen molar-refractivity contribution in [1.82, 2.24) is 19.4 Å². The molecule has 2 amide bonds. The number of benzene rings is 1. The van der Waals surface area contributed by atoms with Crippen LogP contribution in [0, 0.1) is 13.8 Å². The van der Waals surface area contributed by atoms with Crippen LogP contribution < -0.4 is 4.72 Å². The zero-order valence-corrected chi connectivity index (χ0v) is 19.4. The van der Waals surface area contributed by atoms with Crippen LogP contribution in [0.2, 0.25) is 0 Å². The number of carbonyl (C=O) groups is 2. The van der Waals surface area contributed by atoms with Crippen molar-refractivity contribution in [2.45, 2.75) is 44.4 Å². The summed E-state index contributed by atoms with van der Waals surface area (Å²) >= 11 is 0. The van der Waals surface area contributed by atoms with E-state index in [1.54, 1.807) is 24.0 Å². The highest BCUT2D eigenvalue weighted by Gasteiger charge is 2.25. The predicted octanol–water partition coefficient (Wildman–Crippen LogP) is 1.13. The number of hydrogen-bond acceptors (Lipinski definition) is 5. The van der Waals surface area contributed by atoms with Gasteiger partial charge in [0.2, 0.25) is 21.8 Å². The van der Waals surface area contributed by atoms with Crippen LogP contribution >= 0.6 is 0 Å². The Kier molecular flexibility index (Phi) is 8.07. The molecule has 2 aliphatic rings. The quantitative estimate of drug-likeness (QED) is 0.673. The van der Waals surface area contributed by atoms with Gasteiger partial charge in [-0.2, -0.15) is 0 Å². The van der Waals surface area contributed by atoms with Crippen LogP contribution in [-0.2, 0) is 19.6 Å². The fourth-order valence-electron chi connectivity index (χ4n) is 4.11. The van der Waals surface area contributed by atoms with Gasteiger partial charge >= 0.3 is 0 Å². The number of hydrogen-bond donors (Lipinski definition) is 1. The largest absolute Gasteiger partial charge is 0.342 e. The van der Waals surface area contributed by atoms with Gasteiger partial charge in [-0.1, -0.05) is 12.1 Å². The summed E-state index contributed by atoms with van der Waals surface area (Å²) in [5.74, 6) is 0.117.